The second-order valence-electron chi connectivity index (χ2n) is 5.23. The van der Waals surface area contributed by atoms with Gasteiger partial charge in [0, 0.05) is 5.54 Å². The summed E-state index contributed by atoms with van der Waals surface area (Å²) in [7, 11) is 1.44. The van der Waals surface area contributed by atoms with E-state index in [1.165, 1.54) is 13.3 Å². The van der Waals surface area contributed by atoms with Gasteiger partial charge in [-0.05, 0) is 27.7 Å². The first-order chi connectivity index (χ1) is 8.61. The number of ether oxygens (including phenoxy) is 1. The number of hydrogen-bond acceptors (Lipinski definition) is 5. The van der Waals surface area contributed by atoms with Gasteiger partial charge in [-0.1, -0.05) is 11.6 Å². The van der Waals surface area contributed by atoms with Crippen molar-refractivity contribution in [2.75, 3.05) is 12.4 Å². The first-order valence-electron chi connectivity index (χ1n) is 5.70. The summed E-state index contributed by atoms with van der Waals surface area (Å²) in [6, 6.07) is 0.163. The molecule has 0 aliphatic carbocycles. The standard InChI is InChI=1S/C12H18ClN3O3/c1-11(2,9(17)18)12(3,4)16-8-7(13)6-14-10(15-8)19-5/h6H,1-5H3,(H,17,18)(H,14,15,16). The van der Waals surface area contributed by atoms with Crippen LogP contribution in [-0.4, -0.2) is 33.7 Å². The number of carbonyl (C=O) groups is 1. The molecule has 0 saturated carbocycles. The molecule has 106 valence electrons. The van der Waals surface area contributed by atoms with Crippen LogP contribution in [0.1, 0.15) is 27.7 Å². The molecule has 0 atom stereocenters. The van der Waals surface area contributed by atoms with Gasteiger partial charge in [-0.3, -0.25) is 4.79 Å². The van der Waals surface area contributed by atoms with Gasteiger partial charge < -0.3 is 15.2 Å². The van der Waals surface area contributed by atoms with Gasteiger partial charge in [0.2, 0.25) is 0 Å². The first kappa shape index (κ1) is 15.5. The summed E-state index contributed by atoms with van der Waals surface area (Å²) >= 11 is 6.00. The number of methoxy groups -OCH3 is 1. The van der Waals surface area contributed by atoms with Crippen LogP contribution < -0.4 is 10.1 Å². The Morgan fingerprint density at radius 3 is 2.47 bits per heavy atom. The van der Waals surface area contributed by atoms with Crippen LogP contribution >= 0.6 is 11.6 Å². The molecule has 0 aliphatic heterocycles. The fraction of sp³-hybridized carbons (Fsp3) is 0.583. The van der Waals surface area contributed by atoms with E-state index in [1.807, 2.05) is 0 Å². The van der Waals surface area contributed by atoms with E-state index in [9.17, 15) is 9.90 Å². The molecule has 0 aromatic carbocycles. The van der Waals surface area contributed by atoms with Gasteiger partial charge in [-0.15, -0.1) is 0 Å². The molecule has 0 fully saturated rings. The number of rotatable bonds is 5. The summed E-state index contributed by atoms with van der Waals surface area (Å²) in [5, 5.41) is 12.6. The highest BCUT2D eigenvalue weighted by Crippen LogP contribution is 2.35. The lowest BCUT2D eigenvalue weighted by Crippen LogP contribution is -2.50. The van der Waals surface area contributed by atoms with Crippen LogP contribution in [0.2, 0.25) is 5.02 Å². The van der Waals surface area contributed by atoms with Crippen molar-refractivity contribution in [2.24, 2.45) is 5.41 Å². The summed E-state index contributed by atoms with van der Waals surface area (Å²) in [5.41, 5.74) is -1.80. The molecule has 1 aromatic rings. The van der Waals surface area contributed by atoms with Crippen molar-refractivity contribution in [1.82, 2.24) is 9.97 Å². The maximum absolute atomic E-state index is 11.3. The van der Waals surface area contributed by atoms with E-state index in [0.29, 0.717) is 10.8 Å². The quantitative estimate of drug-likeness (QED) is 0.865. The Morgan fingerprint density at radius 2 is 2.00 bits per heavy atom. The number of carboxylic acids is 1. The van der Waals surface area contributed by atoms with Gasteiger partial charge in [0.1, 0.15) is 5.02 Å². The predicted octanol–water partition coefficient (Wildman–Crippen LogP) is 2.44. The molecule has 7 heteroatoms. The third-order valence-electron chi connectivity index (χ3n) is 3.43. The summed E-state index contributed by atoms with van der Waals surface area (Å²) < 4.78 is 4.92. The fourth-order valence-electron chi connectivity index (χ4n) is 1.26. The largest absolute Gasteiger partial charge is 0.481 e. The van der Waals surface area contributed by atoms with Crippen LogP contribution in [0, 0.1) is 5.41 Å². The molecular weight excluding hydrogens is 270 g/mol. The Balaban J connectivity index is 3.11. The van der Waals surface area contributed by atoms with Crippen LogP contribution in [0.25, 0.3) is 0 Å². The number of anilines is 1. The maximum Gasteiger partial charge on any atom is 0.318 e. The fourth-order valence-corrected chi connectivity index (χ4v) is 1.39. The average molecular weight is 288 g/mol. The zero-order chi connectivity index (χ0) is 14.8. The summed E-state index contributed by atoms with van der Waals surface area (Å²) in [6.07, 6.45) is 1.40. The van der Waals surface area contributed by atoms with E-state index in [1.54, 1.807) is 27.7 Å². The minimum Gasteiger partial charge on any atom is -0.481 e. The molecular formula is C12H18ClN3O3. The number of aromatic nitrogens is 2. The highest BCUT2D eigenvalue weighted by Gasteiger charge is 2.44. The van der Waals surface area contributed by atoms with Gasteiger partial charge >= 0.3 is 12.0 Å². The number of aliphatic carboxylic acids is 1. The lowest BCUT2D eigenvalue weighted by atomic mass is 9.74. The smallest absolute Gasteiger partial charge is 0.318 e. The molecule has 1 rings (SSSR count). The lowest BCUT2D eigenvalue weighted by Gasteiger charge is -2.39. The average Bonchev–Trinajstić information content (AvgIpc) is 2.31. The molecule has 0 bridgehead atoms. The number of nitrogens with zero attached hydrogens (tertiary/aromatic N) is 2. The molecule has 0 radical (unpaired) electrons. The van der Waals surface area contributed by atoms with Crippen molar-refractivity contribution in [3.8, 4) is 6.01 Å². The Labute approximate surface area is 117 Å². The van der Waals surface area contributed by atoms with Gasteiger partial charge in [-0.25, -0.2) is 4.98 Å². The Kier molecular flexibility index (Phi) is 4.25. The molecule has 0 amide bonds. The second-order valence-corrected chi connectivity index (χ2v) is 5.64. The third-order valence-corrected chi connectivity index (χ3v) is 3.71. The van der Waals surface area contributed by atoms with Crippen molar-refractivity contribution < 1.29 is 14.6 Å². The summed E-state index contributed by atoms with van der Waals surface area (Å²) in [6.45, 7) is 6.81. The van der Waals surface area contributed by atoms with E-state index in [0.717, 1.165) is 0 Å². The highest BCUT2D eigenvalue weighted by molar-refractivity contribution is 6.32. The molecule has 19 heavy (non-hydrogen) atoms. The van der Waals surface area contributed by atoms with Crippen molar-refractivity contribution in [3.63, 3.8) is 0 Å². The van der Waals surface area contributed by atoms with Crippen LogP contribution in [0.4, 0.5) is 5.82 Å². The van der Waals surface area contributed by atoms with Crippen molar-refractivity contribution in [2.45, 2.75) is 33.2 Å². The maximum atomic E-state index is 11.3. The summed E-state index contributed by atoms with van der Waals surface area (Å²) in [4.78, 5) is 19.3. The van der Waals surface area contributed by atoms with E-state index in [4.69, 9.17) is 16.3 Å². The Hall–Kier alpha value is -1.56. The third kappa shape index (κ3) is 3.07. The van der Waals surface area contributed by atoms with E-state index in [2.05, 4.69) is 15.3 Å². The Bertz CT molecular complexity index is 489. The molecule has 1 aromatic heterocycles. The van der Waals surface area contributed by atoms with Crippen molar-refractivity contribution in [1.29, 1.82) is 0 Å². The predicted molar refractivity (Wildman–Crippen MR) is 72.7 cm³/mol. The van der Waals surface area contributed by atoms with E-state index < -0.39 is 16.9 Å². The van der Waals surface area contributed by atoms with Gasteiger partial charge in [0.25, 0.3) is 0 Å². The zero-order valence-corrected chi connectivity index (χ0v) is 12.4. The molecule has 1 heterocycles. The van der Waals surface area contributed by atoms with E-state index in [-0.39, 0.29) is 6.01 Å². The number of carboxylic acid groups (broad SMARTS) is 1. The molecule has 0 spiro atoms. The lowest BCUT2D eigenvalue weighted by molar-refractivity contribution is -0.149. The minimum absolute atomic E-state index is 0.163. The molecule has 0 aliphatic rings. The summed E-state index contributed by atoms with van der Waals surface area (Å²) in [5.74, 6) is -0.574. The first-order valence-corrected chi connectivity index (χ1v) is 6.07. The zero-order valence-electron chi connectivity index (χ0n) is 11.6. The van der Waals surface area contributed by atoms with Crippen molar-refractivity contribution in [3.05, 3.63) is 11.2 Å². The molecule has 6 nitrogen and oxygen atoms in total. The highest BCUT2D eigenvalue weighted by atomic mass is 35.5. The van der Waals surface area contributed by atoms with Crippen LogP contribution in [-0.2, 0) is 4.79 Å². The van der Waals surface area contributed by atoms with Crippen LogP contribution in [0.15, 0.2) is 6.20 Å². The molecule has 2 N–H and O–H groups in total. The number of nitrogens with one attached hydrogen (secondary N) is 1. The van der Waals surface area contributed by atoms with Gasteiger partial charge in [0.05, 0.1) is 18.7 Å². The van der Waals surface area contributed by atoms with Gasteiger partial charge in [-0.2, -0.15) is 4.98 Å². The van der Waals surface area contributed by atoms with Gasteiger partial charge in [0.15, 0.2) is 5.82 Å². The van der Waals surface area contributed by atoms with E-state index >= 15 is 0 Å². The number of hydrogen-bond donors (Lipinski definition) is 2. The van der Waals surface area contributed by atoms with Crippen LogP contribution in [0.3, 0.4) is 0 Å². The second kappa shape index (κ2) is 5.21. The normalized spacial score (nSPS) is 12.1. The molecule has 0 saturated heterocycles. The van der Waals surface area contributed by atoms with Crippen molar-refractivity contribution >= 4 is 23.4 Å². The topological polar surface area (TPSA) is 84.3 Å². The number of halogens is 1. The Morgan fingerprint density at radius 1 is 1.42 bits per heavy atom. The minimum atomic E-state index is -1.02. The van der Waals surface area contributed by atoms with Crippen LogP contribution in [0.5, 0.6) is 6.01 Å². The monoisotopic (exact) mass is 287 g/mol. The molecule has 0 unspecified atom stereocenters. The SMILES string of the molecule is COc1ncc(Cl)c(NC(C)(C)C(C)(C)C(=O)O)n1.